The van der Waals surface area contributed by atoms with Crippen LogP contribution in [-0.2, 0) is 6.42 Å². The molecule has 0 unspecified atom stereocenters. The minimum atomic E-state index is -0.338. The molecule has 0 aromatic heterocycles. The van der Waals surface area contributed by atoms with E-state index in [0.29, 0.717) is 51.4 Å². The number of amides is 1. The fourth-order valence-corrected chi connectivity index (χ4v) is 3.77. The number of rotatable bonds is 3. The Hall–Kier alpha value is -2.76. The fraction of sp³-hybridized carbons (Fsp3) is 0.0952. The van der Waals surface area contributed by atoms with Crippen LogP contribution in [0.15, 0.2) is 54.6 Å². The molecule has 0 atom stereocenters. The molecular formula is C21H15Cl2FN2O2. The summed E-state index contributed by atoms with van der Waals surface area (Å²) in [6, 6.07) is 14.2. The lowest BCUT2D eigenvalue weighted by Crippen LogP contribution is -2.37. The third-order valence-electron chi connectivity index (χ3n) is 4.54. The van der Waals surface area contributed by atoms with Crippen molar-refractivity contribution < 1.29 is 13.9 Å². The highest BCUT2D eigenvalue weighted by Crippen LogP contribution is 2.39. The van der Waals surface area contributed by atoms with E-state index in [2.05, 4.69) is 0 Å². The molecule has 3 aromatic rings. The number of halogens is 3. The zero-order chi connectivity index (χ0) is 19.8. The first-order chi connectivity index (χ1) is 13.4. The molecule has 1 heterocycles. The van der Waals surface area contributed by atoms with Crippen LogP contribution in [-0.4, -0.2) is 12.5 Å². The van der Waals surface area contributed by atoms with Crippen LogP contribution in [0.3, 0.4) is 0 Å². The van der Waals surface area contributed by atoms with Gasteiger partial charge in [-0.3, -0.25) is 4.79 Å². The number of carbonyl (C=O) groups is 1. The van der Waals surface area contributed by atoms with E-state index in [1.165, 1.54) is 12.1 Å². The van der Waals surface area contributed by atoms with Crippen molar-refractivity contribution >= 4 is 40.5 Å². The Balaban J connectivity index is 1.61. The van der Waals surface area contributed by atoms with E-state index in [4.69, 9.17) is 33.7 Å². The number of nitrogen functional groups attached to an aromatic ring is 1. The molecule has 2 N–H and O–H groups in total. The minimum absolute atomic E-state index is 0.136. The first-order valence-electron chi connectivity index (χ1n) is 8.55. The fourth-order valence-electron chi connectivity index (χ4n) is 3.19. The van der Waals surface area contributed by atoms with E-state index in [1.807, 2.05) is 0 Å². The molecule has 4 nitrogen and oxygen atoms in total. The highest BCUT2D eigenvalue weighted by Gasteiger charge is 2.26. The predicted molar refractivity (Wildman–Crippen MR) is 109 cm³/mol. The second-order valence-corrected chi connectivity index (χ2v) is 7.23. The molecule has 28 heavy (non-hydrogen) atoms. The number of nitrogens with zero attached hydrogens (tertiary/aromatic N) is 1. The maximum absolute atomic E-state index is 13.1. The summed E-state index contributed by atoms with van der Waals surface area (Å²) in [5.74, 6) is 0.362. The van der Waals surface area contributed by atoms with Crippen LogP contribution in [0.1, 0.15) is 15.9 Å². The number of carbonyl (C=O) groups excluding carboxylic acids is 1. The van der Waals surface area contributed by atoms with Gasteiger partial charge in [0, 0.05) is 23.5 Å². The summed E-state index contributed by atoms with van der Waals surface area (Å²) in [4.78, 5) is 14.5. The standard InChI is InChI=1S/C21H15Cl2FN2O2/c22-18-10-14(25)11-19(23)20(18)28-16-5-6-17-12(9-16)7-8-26(21(17)27)15-3-1-13(24)2-4-15/h1-6,9-11H,7-8,25H2. The molecule has 4 rings (SSSR count). The minimum Gasteiger partial charge on any atom is -0.454 e. The maximum atomic E-state index is 13.1. The molecule has 0 fully saturated rings. The van der Waals surface area contributed by atoms with Gasteiger partial charge in [-0.05, 0) is 66.6 Å². The Labute approximate surface area is 171 Å². The molecule has 7 heteroatoms. The van der Waals surface area contributed by atoms with Crippen LogP contribution >= 0.6 is 23.2 Å². The smallest absolute Gasteiger partial charge is 0.258 e. The highest BCUT2D eigenvalue weighted by atomic mass is 35.5. The van der Waals surface area contributed by atoms with E-state index >= 15 is 0 Å². The van der Waals surface area contributed by atoms with Gasteiger partial charge >= 0.3 is 0 Å². The second-order valence-electron chi connectivity index (χ2n) is 6.42. The number of fused-ring (bicyclic) bond motifs is 1. The van der Waals surface area contributed by atoms with Crippen LogP contribution in [0.25, 0.3) is 0 Å². The molecule has 1 amide bonds. The molecule has 0 bridgehead atoms. The molecule has 0 aliphatic carbocycles. The monoisotopic (exact) mass is 416 g/mol. The Bertz CT molecular complexity index is 1050. The summed E-state index contributed by atoms with van der Waals surface area (Å²) in [5, 5.41) is 0.613. The second kappa shape index (κ2) is 7.34. The lowest BCUT2D eigenvalue weighted by Gasteiger charge is -2.29. The van der Waals surface area contributed by atoms with Crippen molar-refractivity contribution in [3.8, 4) is 11.5 Å². The van der Waals surface area contributed by atoms with Gasteiger partial charge in [0.15, 0.2) is 5.75 Å². The van der Waals surface area contributed by atoms with Gasteiger partial charge in [-0.15, -0.1) is 0 Å². The molecule has 0 radical (unpaired) electrons. The topological polar surface area (TPSA) is 55.6 Å². The molecule has 0 spiro atoms. The lowest BCUT2D eigenvalue weighted by atomic mass is 9.98. The third kappa shape index (κ3) is 3.51. The Kier molecular flexibility index (Phi) is 4.87. The van der Waals surface area contributed by atoms with Crippen molar-refractivity contribution in [2.75, 3.05) is 17.2 Å². The number of nitrogens with two attached hydrogens (primary N) is 1. The first-order valence-corrected chi connectivity index (χ1v) is 9.31. The van der Waals surface area contributed by atoms with E-state index in [1.54, 1.807) is 47.4 Å². The van der Waals surface area contributed by atoms with E-state index in [0.717, 1.165) is 5.56 Å². The van der Waals surface area contributed by atoms with Gasteiger partial charge in [0.25, 0.3) is 5.91 Å². The number of anilines is 2. The normalized spacial score (nSPS) is 13.4. The molecule has 1 aliphatic heterocycles. The number of hydrogen-bond donors (Lipinski definition) is 1. The van der Waals surface area contributed by atoms with Gasteiger partial charge in [0.05, 0.1) is 10.0 Å². The Morgan fingerprint density at radius 2 is 1.68 bits per heavy atom. The molecule has 0 saturated carbocycles. The first kappa shape index (κ1) is 18.6. The lowest BCUT2D eigenvalue weighted by molar-refractivity contribution is 0.0980. The SMILES string of the molecule is Nc1cc(Cl)c(Oc2ccc3c(c2)CCN(c2ccc(F)cc2)C3=O)c(Cl)c1. The van der Waals surface area contributed by atoms with Gasteiger partial charge < -0.3 is 15.4 Å². The van der Waals surface area contributed by atoms with Gasteiger partial charge in [0.2, 0.25) is 0 Å². The Morgan fingerprint density at radius 1 is 1.00 bits per heavy atom. The van der Waals surface area contributed by atoms with Crippen LogP contribution in [0.4, 0.5) is 15.8 Å². The average molecular weight is 417 g/mol. The predicted octanol–water partition coefficient (Wildman–Crippen LogP) is 5.71. The zero-order valence-electron chi connectivity index (χ0n) is 14.6. The summed E-state index contributed by atoms with van der Waals surface area (Å²) in [7, 11) is 0. The summed E-state index contributed by atoms with van der Waals surface area (Å²) < 4.78 is 19.0. The molecule has 0 saturated heterocycles. The number of benzene rings is 3. The van der Waals surface area contributed by atoms with Crippen molar-refractivity contribution in [2.45, 2.75) is 6.42 Å². The summed E-state index contributed by atoms with van der Waals surface area (Å²) in [6.07, 6.45) is 0.638. The van der Waals surface area contributed by atoms with Crippen LogP contribution in [0.2, 0.25) is 10.0 Å². The van der Waals surface area contributed by atoms with Crippen molar-refractivity contribution in [2.24, 2.45) is 0 Å². The summed E-state index contributed by atoms with van der Waals surface area (Å²) in [5.41, 5.74) is 8.26. The van der Waals surface area contributed by atoms with Crippen LogP contribution in [0.5, 0.6) is 11.5 Å². The van der Waals surface area contributed by atoms with Gasteiger partial charge in [-0.1, -0.05) is 23.2 Å². The van der Waals surface area contributed by atoms with Crippen LogP contribution < -0.4 is 15.4 Å². The van der Waals surface area contributed by atoms with E-state index < -0.39 is 0 Å². The van der Waals surface area contributed by atoms with Crippen molar-refractivity contribution in [1.29, 1.82) is 0 Å². The number of hydrogen-bond acceptors (Lipinski definition) is 3. The Morgan fingerprint density at radius 3 is 2.36 bits per heavy atom. The summed E-state index contributed by atoms with van der Waals surface area (Å²) in [6.45, 7) is 0.490. The van der Waals surface area contributed by atoms with Gasteiger partial charge in [-0.25, -0.2) is 4.39 Å². The van der Waals surface area contributed by atoms with Crippen molar-refractivity contribution in [3.05, 3.63) is 81.6 Å². The molecule has 1 aliphatic rings. The van der Waals surface area contributed by atoms with Crippen LogP contribution in [0, 0.1) is 5.82 Å². The van der Waals surface area contributed by atoms with Crippen molar-refractivity contribution in [3.63, 3.8) is 0 Å². The largest absolute Gasteiger partial charge is 0.454 e. The average Bonchev–Trinajstić information content (AvgIpc) is 2.66. The quantitative estimate of drug-likeness (QED) is 0.556. The van der Waals surface area contributed by atoms with Crippen molar-refractivity contribution in [1.82, 2.24) is 0 Å². The maximum Gasteiger partial charge on any atom is 0.258 e. The summed E-state index contributed by atoms with van der Waals surface area (Å²) >= 11 is 12.3. The zero-order valence-corrected chi connectivity index (χ0v) is 16.1. The van der Waals surface area contributed by atoms with E-state index in [-0.39, 0.29) is 11.7 Å². The highest BCUT2D eigenvalue weighted by molar-refractivity contribution is 6.37. The van der Waals surface area contributed by atoms with Gasteiger partial charge in [0.1, 0.15) is 11.6 Å². The molecule has 3 aromatic carbocycles. The van der Waals surface area contributed by atoms with Gasteiger partial charge in [-0.2, -0.15) is 0 Å². The van der Waals surface area contributed by atoms with E-state index in [9.17, 15) is 9.18 Å². The molecular weight excluding hydrogens is 402 g/mol. The number of ether oxygens (including phenoxy) is 1. The third-order valence-corrected chi connectivity index (χ3v) is 5.10. The molecule has 142 valence electrons.